The van der Waals surface area contributed by atoms with Crippen molar-refractivity contribution in [1.29, 1.82) is 0 Å². The van der Waals surface area contributed by atoms with Crippen LogP contribution in [-0.2, 0) is 9.59 Å². The van der Waals surface area contributed by atoms with Gasteiger partial charge in [-0.1, -0.05) is 112 Å². The lowest BCUT2D eigenvalue weighted by Gasteiger charge is -2.05. The van der Waals surface area contributed by atoms with Crippen molar-refractivity contribution in [2.24, 2.45) is 5.73 Å². The second kappa shape index (κ2) is 24.0. The number of carboxylic acid groups (broad SMARTS) is 1. The number of carboxylic acids is 1. The lowest BCUT2D eigenvalue weighted by molar-refractivity contribution is -0.138. The number of hydrogen-bond donors (Lipinski definition) is 3. The summed E-state index contributed by atoms with van der Waals surface area (Å²) in [4.78, 5) is 22.2. The summed E-state index contributed by atoms with van der Waals surface area (Å²) in [6.07, 6.45) is 35.3. The van der Waals surface area contributed by atoms with E-state index in [0.717, 1.165) is 6.42 Å². The molecule has 0 aliphatic rings. The molecule has 0 saturated carbocycles. The SMILES string of the molecule is CCCCCCCCCC=CC=CC=CC=CC=CC=CC(=O)NCCCC[C@H](N)C(=O)O. The van der Waals surface area contributed by atoms with Crippen molar-refractivity contribution in [1.82, 2.24) is 5.32 Å². The normalized spacial score (nSPS) is 13.5. The molecule has 0 unspecified atom stereocenters. The Balaban J connectivity index is 3.72. The molecular weight excluding hydrogens is 412 g/mol. The van der Waals surface area contributed by atoms with Crippen LogP contribution in [0.1, 0.15) is 77.6 Å². The zero-order chi connectivity index (χ0) is 24.4. The van der Waals surface area contributed by atoms with Gasteiger partial charge in [0.2, 0.25) is 5.91 Å². The summed E-state index contributed by atoms with van der Waals surface area (Å²) in [5, 5.41) is 11.4. The minimum Gasteiger partial charge on any atom is -0.480 e. The third-order valence-electron chi connectivity index (χ3n) is 4.92. The van der Waals surface area contributed by atoms with Crippen molar-refractivity contribution in [3.8, 4) is 0 Å². The Morgan fingerprint density at radius 2 is 1.30 bits per heavy atom. The van der Waals surface area contributed by atoms with Crippen LogP contribution in [0, 0.1) is 0 Å². The largest absolute Gasteiger partial charge is 0.480 e. The van der Waals surface area contributed by atoms with Crippen molar-refractivity contribution in [3.05, 3.63) is 72.9 Å². The second-order valence-electron chi connectivity index (χ2n) is 7.97. The van der Waals surface area contributed by atoms with Crippen LogP contribution in [0.3, 0.4) is 0 Å². The smallest absolute Gasteiger partial charge is 0.320 e. The predicted molar refractivity (Wildman–Crippen MR) is 140 cm³/mol. The molecule has 5 nitrogen and oxygen atoms in total. The van der Waals surface area contributed by atoms with Gasteiger partial charge in [0.25, 0.3) is 0 Å². The van der Waals surface area contributed by atoms with Crippen LogP contribution in [-0.4, -0.2) is 29.6 Å². The molecule has 0 aromatic heterocycles. The van der Waals surface area contributed by atoms with Crippen LogP contribution >= 0.6 is 0 Å². The van der Waals surface area contributed by atoms with E-state index in [1.54, 1.807) is 12.2 Å². The predicted octanol–water partition coefficient (Wildman–Crippen LogP) is 6.16. The van der Waals surface area contributed by atoms with Crippen molar-refractivity contribution in [2.45, 2.75) is 83.6 Å². The van der Waals surface area contributed by atoms with Crippen LogP contribution < -0.4 is 11.1 Å². The molecule has 4 N–H and O–H groups in total. The molecule has 0 radical (unpaired) electrons. The van der Waals surface area contributed by atoms with Crippen LogP contribution in [0.4, 0.5) is 0 Å². The zero-order valence-electron chi connectivity index (χ0n) is 20.3. The summed E-state index contributed by atoms with van der Waals surface area (Å²) < 4.78 is 0. The van der Waals surface area contributed by atoms with Crippen molar-refractivity contribution in [3.63, 3.8) is 0 Å². The third kappa shape index (κ3) is 23.8. The topological polar surface area (TPSA) is 92.4 Å². The van der Waals surface area contributed by atoms with Gasteiger partial charge in [0.1, 0.15) is 6.04 Å². The molecule has 0 aliphatic heterocycles. The van der Waals surface area contributed by atoms with Crippen LogP contribution in [0.15, 0.2) is 72.9 Å². The Morgan fingerprint density at radius 1 is 0.758 bits per heavy atom. The summed E-state index contributed by atoms with van der Waals surface area (Å²) in [5.74, 6) is -1.16. The maximum Gasteiger partial charge on any atom is 0.320 e. The number of carbonyl (C=O) groups is 2. The number of amides is 1. The minimum absolute atomic E-state index is 0.170. The Bertz CT molecular complexity index is 673. The fourth-order valence-electron chi connectivity index (χ4n) is 2.93. The highest BCUT2D eigenvalue weighted by Gasteiger charge is 2.09. The number of rotatable bonds is 20. The average Bonchev–Trinajstić information content (AvgIpc) is 2.80. The molecule has 1 amide bonds. The van der Waals surface area contributed by atoms with Gasteiger partial charge < -0.3 is 16.2 Å². The van der Waals surface area contributed by atoms with Gasteiger partial charge in [-0.15, -0.1) is 0 Å². The molecule has 5 heteroatoms. The quantitative estimate of drug-likeness (QED) is 0.116. The Kier molecular flexibility index (Phi) is 22.1. The first-order chi connectivity index (χ1) is 16.1. The van der Waals surface area contributed by atoms with Crippen molar-refractivity contribution >= 4 is 11.9 Å². The number of carbonyl (C=O) groups excluding carboxylic acids is 1. The first kappa shape index (κ1) is 30.3. The number of hydrogen-bond acceptors (Lipinski definition) is 3. The maximum absolute atomic E-state index is 11.6. The fourth-order valence-corrected chi connectivity index (χ4v) is 2.93. The number of aliphatic carboxylic acids is 1. The number of allylic oxidation sites excluding steroid dienone is 11. The molecule has 0 aromatic rings. The molecule has 0 bridgehead atoms. The molecule has 0 spiro atoms. The van der Waals surface area contributed by atoms with E-state index in [1.807, 2.05) is 42.5 Å². The number of nitrogens with one attached hydrogen (secondary N) is 1. The Morgan fingerprint density at radius 3 is 1.91 bits per heavy atom. The van der Waals surface area contributed by atoms with E-state index in [0.29, 0.717) is 25.8 Å². The molecule has 0 rings (SSSR count). The average molecular weight is 457 g/mol. The molecule has 33 heavy (non-hydrogen) atoms. The highest BCUT2D eigenvalue weighted by atomic mass is 16.4. The van der Waals surface area contributed by atoms with Crippen LogP contribution in [0.2, 0.25) is 0 Å². The van der Waals surface area contributed by atoms with E-state index in [9.17, 15) is 9.59 Å². The molecule has 0 aliphatic carbocycles. The maximum atomic E-state index is 11.6. The van der Waals surface area contributed by atoms with E-state index in [1.165, 1.54) is 51.0 Å². The Hall–Kier alpha value is -2.66. The lowest BCUT2D eigenvalue weighted by atomic mass is 10.1. The lowest BCUT2D eigenvalue weighted by Crippen LogP contribution is -2.30. The molecule has 0 heterocycles. The third-order valence-corrected chi connectivity index (χ3v) is 4.92. The second-order valence-corrected chi connectivity index (χ2v) is 7.97. The number of nitrogens with two attached hydrogens (primary N) is 1. The van der Waals surface area contributed by atoms with E-state index in [-0.39, 0.29) is 5.91 Å². The van der Waals surface area contributed by atoms with Crippen molar-refractivity contribution < 1.29 is 14.7 Å². The van der Waals surface area contributed by atoms with Gasteiger partial charge in [0.15, 0.2) is 0 Å². The van der Waals surface area contributed by atoms with Gasteiger partial charge in [-0.3, -0.25) is 9.59 Å². The standard InChI is InChI=1S/C28H44N2O3/c1-2-3-4-5-6-7-8-9-10-11-12-13-14-15-16-17-18-19-20-24-27(31)30-25-22-21-23-26(29)28(32)33/h10-20,24,26H,2-9,21-23,25,29H2,1H3,(H,30,31)(H,32,33)/t26-/m0/s1. The highest BCUT2D eigenvalue weighted by molar-refractivity contribution is 5.87. The van der Waals surface area contributed by atoms with E-state index < -0.39 is 12.0 Å². The van der Waals surface area contributed by atoms with Gasteiger partial charge in [-0.25, -0.2) is 0 Å². The fraction of sp³-hybridized carbons (Fsp3) is 0.500. The summed E-state index contributed by atoms with van der Waals surface area (Å²) in [6, 6.07) is -0.828. The summed E-state index contributed by atoms with van der Waals surface area (Å²) in [7, 11) is 0. The van der Waals surface area contributed by atoms with Gasteiger partial charge in [0, 0.05) is 12.6 Å². The van der Waals surface area contributed by atoms with E-state index in [2.05, 4.69) is 24.4 Å². The van der Waals surface area contributed by atoms with Gasteiger partial charge in [-0.2, -0.15) is 0 Å². The van der Waals surface area contributed by atoms with Gasteiger partial charge in [0.05, 0.1) is 0 Å². The molecule has 1 atom stereocenters. The molecule has 0 saturated heterocycles. The zero-order valence-corrected chi connectivity index (χ0v) is 20.3. The monoisotopic (exact) mass is 456 g/mol. The van der Waals surface area contributed by atoms with E-state index >= 15 is 0 Å². The van der Waals surface area contributed by atoms with E-state index in [4.69, 9.17) is 10.8 Å². The summed E-state index contributed by atoms with van der Waals surface area (Å²) in [6.45, 7) is 2.76. The van der Waals surface area contributed by atoms with Gasteiger partial charge >= 0.3 is 5.97 Å². The minimum atomic E-state index is -0.990. The summed E-state index contributed by atoms with van der Waals surface area (Å²) in [5.41, 5.74) is 5.42. The first-order valence-corrected chi connectivity index (χ1v) is 12.3. The molecular formula is C28H44N2O3. The Labute approximate surface area is 200 Å². The molecule has 0 fully saturated rings. The van der Waals surface area contributed by atoms with Gasteiger partial charge in [-0.05, 0) is 32.1 Å². The molecule has 0 aromatic carbocycles. The summed E-state index contributed by atoms with van der Waals surface area (Å²) >= 11 is 0. The van der Waals surface area contributed by atoms with Crippen LogP contribution in [0.5, 0.6) is 0 Å². The molecule has 184 valence electrons. The highest BCUT2D eigenvalue weighted by Crippen LogP contribution is 2.08. The first-order valence-electron chi connectivity index (χ1n) is 12.3. The van der Waals surface area contributed by atoms with Crippen LogP contribution in [0.25, 0.3) is 0 Å². The number of unbranched alkanes of at least 4 members (excludes halogenated alkanes) is 8. The van der Waals surface area contributed by atoms with Crippen molar-refractivity contribution in [2.75, 3.05) is 6.54 Å².